The van der Waals surface area contributed by atoms with E-state index in [2.05, 4.69) is 4.98 Å². The van der Waals surface area contributed by atoms with Crippen molar-refractivity contribution >= 4 is 11.5 Å². The van der Waals surface area contributed by atoms with Gasteiger partial charge in [0.15, 0.2) is 5.65 Å². The van der Waals surface area contributed by atoms with Crippen LogP contribution in [0, 0.1) is 0 Å². The smallest absolute Gasteiger partial charge is 0.383 e. The van der Waals surface area contributed by atoms with Crippen LogP contribution in [0.2, 0.25) is 0 Å². The molecule has 0 spiro atoms. The van der Waals surface area contributed by atoms with Crippen molar-refractivity contribution in [3.63, 3.8) is 0 Å². The van der Waals surface area contributed by atoms with Crippen molar-refractivity contribution < 1.29 is 13.2 Å². The highest BCUT2D eigenvalue weighted by Crippen LogP contribution is 2.32. The van der Waals surface area contributed by atoms with Gasteiger partial charge in [-0.25, -0.2) is 4.98 Å². The van der Waals surface area contributed by atoms with E-state index in [0.717, 1.165) is 6.07 Å². The van der Waals surface area contributed by atoms with Crippen LogP contribution in [0.5, 0.6) is 0 Å². The van der Waals surface area contributed by atoms with Crippen LogP contribution in [0.4, 0.5) is 19.0 Å². The van der Waals surface area contributed by atoms with Crippen LogP contribution in [0.3, 0.4) is 0 Å². The molecule has 6 heteroatoms. The fourth-order valence-corrected chi connectivity index (χ4v) is 1.25. The van der Waals surface area contributed by atoms with Gasteiger partial charge in [-0.15, -0.1) is 0 Å². The first kappa shape index (κ1) is 8.86. The summed E-state index contributed by atoms with van der Waals surface area (Å²) in [5, 5.41) is 0. The summed E-state index contributed by atoms with van der Waals surface area (Å²) in [6, 6.07) is 2.26. The van der Waals surface area contributed by atoms with Crippen molar-refractivity contribution in [2.45, 2.75) is 6.18 Å². The number of alkyl halides is 3. The van der Waals surface area contributed by atoms with E-state index in [0.29, 0.717) is 0 Å². The zero-order chi connectivity index (χ0) is 10.3. The Kier molecular flexibility index (Phi) is 1.67. The van der Waals surface area contributed by atoms with Crippen LogP contribution < -0.4 is 5.73 Å². The van der Waals surface area contributed by atoms with E-state index in [1.807, 2.05) is 0 Å². The molecular weight excluding hydrogens is 195 g/mol. The molecule has 2 aromatic heterocycles. The highest BCUT2D eigenvalue weighted by atomic mass is 19.4. The highest BCUT2D eigenvalue weighted by molar-refractivity contribution is 5.55. The average molecular weight is 201 g/mol. The molecule has 0 aliphatic rings. The first-order valence-corrected chi connectivity index (χ1v) is 3.79. The van der Waals surface area contributed by atoms with Gasteiger partial charge >= 0.3 is 6.18 Å². The van der Waals surface area contributed by atoms with Crippen LogP contribution in [-0.2, 0) is 6.18 Å². The van der Waals surface area contributed by atoms with E-state index in [-0.39, 0.29) is 11.5 Å². The summed E-state index contributed by atoms with van der Waals surface area (Å²) in [6.45, 7) is 0. The van der Waals surface area contributed by atoms with Crippen molar-refractivity contribution in [2.75, 3.05) is 5.73 Å². The normalized spacial score (nSPS) is 12.2. The van der Waals surface area contributed by atoms with Crippen molar-refractivity contribution in [2.24, 2.45) is 0 Å². The number of halogens is 3. The lowest BCUT2D eigenvalue weighted by molar-refractivity contribution is -0.136. The molecule has 2 rings (SSSR count). The molecule has 0 unspecified atom stereocenters. The SMILES string of the molecule is Nc1cnc2c(C(F)(F)F)cccn12. The molecule has 0 radical (unpaired) electrons. The van der Waals surface area contributed by atoms with Gasteiger partial charge in [0.25, 0.3) is 0 Å². The number of aromatic nitrogens is 2. The van der Waals surface area contributed by atoms with Crippen LogP contribution in [0.15, 0.2) is 24.5 Å². The summed E-state index contributed by atoms with van der Waals surface area (Å²) < 4.78 is 38.5. The first-order chi connectivity index (χ1) is 6.50. The van der Waals surface area contributed by atoms with Gasteiger partial charge in [-0.1, -0.05) is 0 Å². The van der Waals surface area contributed by atoms with E-state index in [1.165, 1.54) is 22.9 Å². The first-order valence-electron chi connectivity index (χ1n) is 3.79. The summed E-state index contributed by atoms with van der Waals surface area (Å²) in [5.41, 5.74) is 4.47. The number of nitrogen functional groups attached to an aromatic ring is 1. The minimum Gasteiger partial charge on any atom is -0.383 e. The third-order valence-corrected chi connectivity index (χ3v) is 1.87. The van der Waals surface area contributed by atoms with Gasteiger partial charge in [0.05, 0.1) is 11.8 Å². The Morgan fingerprint density at radius 3 is 2.71 bits per heavy atom. The predicted octanol–water partition coefficient (Wildman–Crippen LogP) is 1.94. The zero-order valence-electron chi connectivity index (χ0n) is 6.92. The van der Waals surface area contributed by atoms with E-state index in [9.17, 15) is 13.2 Å². The number of anilines is 1. The fraction of sp³-hybridized carbons (Fsp3) is 0.125. The number of fused-ring (bicyclic) bond motifs is 1. The number of nitrogens with zero attached hydrogens (tertiary/aromatic N) is 2. The van der Waals surface area contributed by atoms with E-state index >= 15 is 0 Å². The standard InChI is InChI=1S/C8H6F3N3/c9-8(10,11)5-2-1-3-14-6(12)4-13-7(5)14/h1-4H,12H2. The van der Waals surface area contributed by atoms with Gasteiger partial charge < -0.3 is 5.73 Å². The lowest BCUT2D eigenvalue weighted by atomic mass is 10.2. The Labute approximate surface area is 77.0 Å². The van der Waals surface area contributed by atoms with Crippen molar-refractivity contribution in [1.82, 2.24) is 9.38 Å². The molecule has 0 atom stereocenters. The zero-order valence-corrected chi connectivity index (χ0v) is 6.92. The average Bonchev–Trinajstić information content (AvgIpc) is 2.46. The van der Waals surface area contributed by atoms with Gasteiger partial charge in [-0.3, -0.25) is 4.40 Å². The maximum absolute atomic E-state index is 12.4. The Morgan fingerprint density at radius 2 is 2.07 bits per heavy atom. The molecule has 2 aromatic rings. The van der Waals surface area contributed by atoms with Crippen molar-refractivity contribution in [3.8, 4) is 0 Å². The molecule has 0 amide bonds. The Hall–Kier alpha value is -1.72. The van der Waals surface area contributed by atoms with Crippen LogP contribution >= 0.6 is 0 Å². The Morgan fingerprint density at radius 1 is 1.36 bits per heavy atom. The molecule has 74 valence electrons. The van der Waals surface area contributed by atoms with E-state index in [1.54, 1.807) is 0 Å². The molecule has 0 aliphatic carbocycles. The number of imidazole rings is 1. The second-order valence-corrected chi connectivity index (χ2v) is 2.80. The quantitative estimate of drug-likeness (QED) is 0.707. The molecule has 3 nitrogen and oxygen atoms in total. The summed E-state index contributed by atoms with van der Waals surface area (Å²) >= 11 is 0. The predicted molar refractivity (Wildman–Crippen MR) is 44.6 cm³/mol. The Bertz CT molecular complexity index is 472. The maximum Gasteiger partial charge on any atom is 0.419 e. The summed E-state index contributed by atoms with van der Waals surface area (Å²) in [6.07, 6.45) is -1.77. The lowest BCUT2D eigenvalue weighted by Gasteiger charge is -2.07. The van der Waals surface area contributed by atoms with Gasteiger partial charge in [0, 0.05) is 6.20 Å². The molecule has 2 N–H and O–H groups in total. The molecule has 0 saturated heterocycles. The van der Waals surface area contributed by atoms with Crippen molar-refractivity contribution in [3.05, 3.63) is 30.1 Å². The van der Waals surface area contributed by atoms with Crippen LogP contribution in [0.1, 0.15) is 5.56 Å². The molecular formula is C8H6F3N3. The van der Waals surface area contributed by atoms with E-state index < -0.39 is 11.7 Å². The van der Waals surface area contributed by atoms with Crippen LogP contribution in [0.25, 0.3) is 5.65 Å². The minimum absolute atomic E-state index is 0.169. The lowest BCUT2D eigenvalue weighted by Crippen LogP contribution is -2.07. The molecule has 0 saturated carbocycles. The maximum atomic E-state index is 12.4. The van der Waals surface area contributed by atoms with Crippen molar-refractivity contribution in [1.29, 1.82) is 0 Å². The largest absolute Gasteiger partial charge is 0.419 e. The summed E-state index contributed by atoms with van der Waals surface area (Å²) in [7, 11) is 0. The minimum atomic E-state index is -4.40. The van der Waals surface area contributed by atoms with Gasteiger partial charge in [0.2, 0.25) is 0 Å². The number of hydrogen-bond donors (Lipinski definition) is 1. The Balaban J connectivity index is 2.79. The number of hydrogen-bond acceptors (Lipinski definition) is 2. The van der Waals surface area contributed by atoms with Crippen LogP contribution in [-0.4, -0.2) is 9.38 Å². The molecule has 0 bridgehead atoms. The molecule has 0 aromatic carbocycles. The second kappa shape index (κ2) is 2.63. The number of rotatable bonds is 0. The summed E-state index contributed by atoms with van der Waals surface area (Å²) in [5.74, 6) is 0.186. The third-order valence-electron chi connectivity index (χ3n) is 1.87. The highest BCUT2D eigenvalue weighted by Gasteiger charge is 2.33. The van der Waals surface area contributed by atoms with Gasteiger partial charge in [-0.2, -0.15) is 13.2 Å². The molecule has 0 fully saturated rings. The summed E-state index contributed by atoms with van der Waals surface area (Å²) in [4.78, 5) is 3.60. The number of nitrogens with two attached hydrogens (primary N) is 1. The third kappa shape index (κ3) is 1.19. The second-order valence-electron chi connectivity index (χ2n) is 2.80. The fourth-order valence-electron chi connectivity index (χ4n) is 1.25. The monoisotopic (exact) mass is 201 g/mol. The van der Waals surface area contributed by atoms with E-state index in [4.69, 9.17) is 5.73 Å². The topological polar surface area (TPSA) is 43.3 Å². The van der Waals surface area contributed by atoms with Gasteiger partial charge in [-0.05, 0) is 12.1 Å². The number of pyridine rings is 1. The molecule has 2 heterocycles. The molecule has 0 aliphatic heterocycles. The molecule has 14 heavy (non-hydrogen) atoms. The van der Waals surface area contributed by atoms with Gasteiger partial charge in [0.1, 0.15) is 5.82 Å².